The molecule has 0 unspecified atom stereocenters. The molecule has 0 aliphatic heterocycles. The molecule has 2 aromatic rings. The van der Waals surface area contributed by atoms with Crippen LogP contribution in [0.2, 0.25) is 0 Å². The first-order valence-corrected chi connectivity index (χ1v) is 9.52. The molecule has 0 saturated heterocycles. The van der Waals surface area contributed by atoms with Gasteiger partial charge in [-0.15, -0.1) is 0 Å². The van der Waals surface area contributed by atoms with Gasteiger partial charge in [0.15, 0.2) is 5.13 Å². The van der Waals surface area contributed by atoms with E-state index < -0.39 is 17.7 Å². The Morgan fingerprint density at radius 3 is 2.35 bits per heavy atom. The second-order valence-electron chi connectivity index (χ2n) is 5.76. The molecular weight excluding hydrogens is 424 g/mol. The Balaban J connectivity index is 0.00000163. The monoisotopic (exact) mass is 446 g/mol. The van der Waals surface area contributed by atoms with Gasteiger partial charge in [0.05, 0.1) is 23.4 Å². The van der Waals surface area contributed by atoms with Crippen molar-refractivity contribution >= 4 is 54.7 Å². The van der Waals surface area contributed by atoms with Crippen LogP contribution in [0.1, 0.15) is 45.0 Å². The normalized spacial score (nSPS) is 10.6. The molecule has 1 N–H and O–H groups in total. The maximum atomic E-state index is 11.9. The Morgan fingerprint density at radius 1 is 1.23 bits per heavy atom. The minimum absolute atomic E-state index is 0.270. The first kappa shape index (κ1) is 22.2. The number of carbonyl (C=O) groups excluding carboxylic acids is 2. The number of anilines is 1. The van der Waals surface area contributed by atoms with E-state index >= 15 is 0 Å². The number of thiazole rings is 1. The van der Waals surface area contributed by atoms with Crippen LogP contribution in [0.25, 0.3) is 10.2 Å². The molecule has 0 atom stereocenters. The van der Waals surface area contributed by atoms with Gasteiger partial charge in [-0.2, -0.15) is 0 Å². The Kier molecular flexibility index (Phi) is 7.83. The van der Waals surface area contributed by atoms with Crippen molar-refractivity contribution in [3.05, 3.63) is 16.1 Å². The smallest absolute Gasteiger partial charge is 0.413 e. The molecular formula is C17H23BrN2O5S. The van der Waals surface area contributed by atoms with Crippen LogP contribution in [-0.4, -0.2) is 36.9 Å². The highest BCUT2D eigenvalue weighted by molar-refractivity contribution is 9.10. The number of rotatable bonds is 3. The van der Waals surface area contributed by atoms with Crippen molar-refractivity contribution in [3.8, 4) is 5.75 Å². The summed E-state index contributed by atoms with van der Waals surface area (Å²) in [5, 5.41) is 2.93. The Bertz CT molecular complexity index is 799. The van der Waals surface area contributed by atoms with E-state index in [1.807, 2.05) is 13.8 Å². The highest BCUT2D eigenvalue weighted by Gasteiger charge is 2.22. The molecule has 7 nitrogen and oxygen atoms in total. The zero-order valence-electron chi connectivity index (χ0n) is 15.9. The van der Waals surface area contributed by atoms with Gasteiger partial charge < -0.3 is 14.2 Å². The summed E-state index contributed by atoms with van der Waals surface area (Å²) in [5.41, 5.74) is 0.227. The molecule has 0 radical (unpaired) electrons. The molecule has 1 amide bonds. The Labute approximate surface area is 165 Å². The number of benzene rings is 1. The van der Waals surface area contributed by atoms with Crippen molar-refractivity contribution in [3.63, 3.8) is 0 Å². The van der Waals surface area contributed by atoms with Crippen molar-refractivity contribution in [2.24, 2.45) is 0 Å². The van der Waals surface area contributed by atoms with Crippen molar-refractivity contribution in [2.45, 2.75) is 40.2 Å². The second-order valence-corrected chi connectivity index (χ2v) is 7.58. The van der Waals surface area contributed by atoms with Crippen LogP contribution in [0.5, 0.6) is 5.75 Å². The van der Waals surface area contributed by atoms with Crippen LogP contribution in [0.3, 0.4) is 0 Å². The van der Waals surface area contributed by atoms with Gasteiger partial charge in [-0.25, -0.2) is 14.6 Å². The number of aromatic nitrogens is 1. The molecule has 1 aromatic heterocycles. The summed E-state index contributed by atoms with van der Waals surface area (Å²) in [6.45, 7) is 9.32. The third kappa shape index (κ3) is 5.31. The predicted molar refractivity (Wildman–Crippen MR) is 106 cm³/mol. The summed E-state index contributed by atoms with van der Waals surface area (Å²) < 4.78 is 16.4. The molecule has 0 aliphatic rings. The minimum Gasteiger partial charge on any atom is -0.495 e. The van der Waals surface area contributed by atoms with Gasteiger partial charge >= 0.3 is 12.1 Å². The average Bonchev–Trinajstić information content (AvgIpc) is 2.96. The number of methoxy groups -OCH3 is 2. The number of carbonyl (C=O) groups is 2. The fourth-order valence-corrected chi connectivity index (χ4v) is 3.62. The summed E-state index contributed by atoms with van der Waals surface area (Å²) in [5.74, 6) is -0.201. The molecule has 1 aromatic carbocycles. The standard InChI is InChI=1S/C15H17BrN2O5S.C2H6/c1-15(2,3)23-14(20)18-13-17-10-8(24-13)6-7(12(19)22-5)11(21-4)9(10)16;1-2/h6H,1-5H3,(H,17,18,20);1-2H3. The number of hydrogen-bond acceptors (Lipinski definition) is 7. The zero-order chi connectivity index (χ0) is 20.1. The molecule has 0 fully saturated rings. The highest BCUT2D eigenvalue weighted by atomic mass is 79.9. The number of hydrogen-bond donors (Lipinski definition) is 1. The maximum absolute atomic E-state index is 11.9. The van der Waals surface area contributed by atoms with Crippen LogP contribution in [0.4, 0.5) is 9.93 Å². The third-order valence-electron chi connectivity index (χ3n) is 2.80. The highest BCUT2D eigenvalue weighted by Crippen LogP contribution is 2.40. The second kappa shape index (κ2) is 9.18. The minimum atomic E-state index is -0.609. The van der Waals surface area contributed by atoms with Crippen molar-refractivity contribution in [1.29, 1.82) is 0 Å². The number of esters is 1. The fourth-order valence-electron chi connectivity index (χ4n) is 1.91. The number of nitrogens with zero attached hydrogens (tertiary/aromatic N) is 1. The molecule has 9 heteroatoms. The van der Waals surface area contributed by atoms with Crippen molar-refractivity contribution in [2.75, 3.05) is 19.5 Å². The largest absolute Gasteiger partial charge is 0.495 e. The molecule has 0 spiro atoms. The quantitative estimate of drug-likeness (QED) is 0.649. The topological polar surface area (TPSA) is 86.8 Å². The molecule has 0 saturated carbocycles. The Morgan fingerprint density at radius 2 is 1.85 bits per heavy atom. The summed E-state index contributed by atoms with van der Waals surface area (Å²) in [6, 6.07) is 1.61. The summed E-state index contributed by atoms with van der Waals surface area (Å²) in [7, 11) is 2.74. The van der Waals surface area contributed by atoms with Crippen LogP contribution in [-0.2, 0) is 9.47 Å². The molecule has 0 bridgehead atoms. The van der Waals surface area contributed by atoms with E-state index in [-0.39, 0.29) is 5.56 Å². The number of ether oxygens (including phenoxy) is 3. The summed E-state index contributed by atoms with van der Waals surface area (Å²) >= 11 is 4.60. The Hall–Kier alpha value is -1.87. The van der Waals surface area contributed by atoms with Crippen LogP contribution in [0.15, 0.2) is 10.5 Å². The van der Waals surface area contributed by atoms with Gasteiger partial charge in [0, 0.05) is 0 Å². The molecule has 144 valence electrons. The first-order chi connectivity index (χ1) is 12.2. The maximum Gasteiger partial charge on any atom is 0.413 e. The van der Waals surface area contributed by atoms with Crippen LogP contribution >= 0.6 is 27.3 Å². The lowest BCUT2D eigenvalue weighted by atomic mass is 10.2. The van der Waals surface area contributed by atoms with E-state index in [1.54, 1.807) is 26.8 Å². The zero-order valence-corrected chi connectivity index (χ0v) is 18.3. The van der Waals surface area contributed by atoms with Crippen molar-refractivity contribution in [1.82, 2.24) is 4.98 Å². The lowest BCUT2D eigenvalue weighted by molar-refractivity contribution is 0.0594. The van der Waals surface area contributed by atoms with Crippen molar-refractivity contribution < 1.29 is 23.8 Å². The van der Waals surface area contributed by atoms with E-state index in [1.165, 1.54) is 25.6 Å². The first-order valence-electron chi connectivity index (χ1n) is 7.91. The number of fused-ring (bicyclic) bond motifs is 1. The van der Waals surface area contributed by atoms with Gasteiger partial charge in [0.25, 0.3) is 0 Å². The third-order valence-corrected chi connectivity index (χ3v) is 4.45. The van der Waals surface area contributed by atoms with Gasteiger partial charge in [-0.3, -0.25) is 5.32 Å². The van der Waals surface area contributed by atoms with E-state index in [0.717, 1.165) is 0 Å². The van der Waals surface area contributed by atoms with E-state index in [9.17, 15) is 9.59 Å². The van der Waals surface area contributed by atoms with Gasteiger partial charge in [-0.05, 0) is 42.8 Å². The van der Waals surface area contributed by atoms with E-state index in [4.69, 9.17) is 14.2 Å². The average molecular weight is 447 g/mol. The molecule has 26 heavy (non-hydrogen) atoms. The van der Waals surface area contributed by atoms with E-state index in [2.05, 4.69) is 26.2 Å². The fraction of sp³-hybridized carbons (Fsp3) is 0.471. The number of halogens is 1. The summed E-state index contributed by atoms with van der Waals surface area (Å²) in [4.78, 5) is 28.1. The molecule has 2 rings (SSSR count). The van der Waals surface area contributed by atoms with Gasteiger partial charge in [-0.1, -0.05) is 25.2 Å². The predicted octanol–water partition coefficient (Wildman–Crippen LogP) is 5.23. The lowest BCUT2D eigenvalue weighted by Gasteiger charge is -2.18. The summed E-state index contributed by atoms with van der Waals surface area (Å²) in [6.07, 6.45) is -0.599. The van der Waals surface area contributed by atoms with Crippen LogP contribution in [0, 0.1) is 0 Å². The van der Waals surface area contributed by atoms with E-state index in [0.29, 0.717) is 25.6 Å². The number of nitrogens with one attached hydrogen (secondary N) is 1. The molecule has 1 heterocycles. The van der Waals surface area contributed by atoms with Crippen LogP contribution < -0.4 is 10.1 Å². The SMILES string of the molecule is CC.COC(=O)c1cc2sc(NC(=O)OC(C)(C)C)nc2c(Br)c1OC. The van der Waals surface area contributed by atoms with Gasteiger partial charge in [0.2, 0.25) is 0 Å². The lowest BCUT2D eigenvalue weighted by Crippen LogP contribution is -2.27. The number of amides is 1. The van der Waals surface area contributed by atoms with Gasteiger partial charge in [0.1, 0.15) is 22.4 Å². The molecule has 0 aliphatic carbocycles.